The molecule has 0 bridgehead atoms. The minimum atomic E-state index is -3.11. The Balaban J connectivity index is 3.47. The molecule has 8 nitrogen and oxygen atoms in total. The van der Waals surface area contributed by atoms with Crippen LogP contribution in [0.15, 0.2) is 12.1 Å². The van der Waals surface area contributed by atoms with E-state index in [0.29, 0.717) is 0 Å². The molecule has 0 saturated carbocycles. The van der Waals surface area contributed by atoms with Crippen molar-refractivity contribution in [2.24, 2.45) is 0 Å². The highest BCUT2D eigenvalue weighted by Crippen LogP contribution is 2.33. The zero-order valence-corrected chi connectivity index (χ0v) is 9.57. The summed E-state index contributed by atoms with van der Waals surface area (Å²) in [7, 11) is -3.11. The van der Waals surface area contributed by atoms with Gasteiger partial charge in [0.15, 0.2) is 0 Å². The van der Waals surface area contributed by atoms with Gasteiger partial charge in [0.05, 0.1) is 16.2 Å². The Morgan fingerprint density at radius 3 is 2.47 bits per heavy atom. The third-order valence-electron chi connectivity index (χ3n) is 1.71. The second-order valence-electron chi connectivity index (χ2n) is 2.79. The Morgan fingerprint density at radius 1 is 1.47 bits per heavy atom. The summed E-state index contributed by atoms with van der Waals surface area (Å²) in [6.45, 7) is 0. The number of nitro benzene ring substituents is 1. The third kappa shape index (κ3) is 3.04. The highest BCUT2D eigenvalue weighted by Gasteiger charge is 2.20. The van der Waals surface area contributed by atoms with Crippen molar-refractivity contribution in [3.63, 3.8) is 0 Å². The van der Waals surface area contributed by atoms with Crippen molar-refractivity contribution in [1.82, 2.24) is 0 Å². The van der Waals surface area contributed by atoms with Gasteiger partial charge in [0.1, 0.15) is 5.02 Å². The molecule has 0 unspecified atom stereocenters. The van der Waals surface area contributed by atoms with Gasteiger partial charge in [0.2, 0.25) is 10.9 Å². The number of nitro groups is 1. The first kappa shape index (κ1) is 13.2. The van der Waals surface area contributed by atoms with Crippen molar-refractivity contribution >= 4 is 39.8 Å². The molecule has 0 heterocycles. The molecule has 2 N–H and O–H groups in total. The monoisotopic (exact) mass is 280 g/mol. The lowest BCUT2D eigenvalue weighted by Gasteiger charge is -2.04. The minimum Gasteiger partial charge on any atom is -0.478 e. The standard InChI is InChI=1S/C7H5ClN2O6S/c8-6-4(9-17(15)16)1-3(7(11)12)2-5(6)10(13)14/h1-2,17H,(H,11,12)(H,9,15,16). The van der Waals surface area contributed by atoms with E-state index >= 15 is 0 Å². The maximum Gasteiger partial charge on any atom is 0.336 e. The number of anilines is 1. The zero-order chi connectivity index (χ0) is 13.2. The summed E-state index contributed by atoms with van der Waals surface area (Å²) < 4.78 is 22.7. The van der Waals surface area contributed by atoms with Gasteiger partial charge in [-0.05, 0) is 6.07 Å². The van der Waals surface area contributed by atoms with Crippen LogP contribution in [-0.4, -0.2) is 24.4 Å². The van der Waals surface area contributed by atoms with Crippen LogP contribution in [0.25, 0.3) is 0 Å². The van der Waals surface area contributed by atoms with Gasteiger partial charge in [-0.2, -0.15) is 0 Å². The summed E-state index contributed by atoms with van der Waals surface area (Å²) in [6, 6.07) is 1.64. The van der Waals surface area contributed by atoms with E-state index in [4.69, 9.17) is 16.7 Å². The lowest BCUT2D eigenvalue weighted by Crippen LogP contribution is -2.03. The largest absolute Gasteiger partial charge is 0.478 e. The number of benzene rings is 1. The first-order valence-corrected chi connectivity index (χ1v) is 5.50. The first-order chi connectivity index (χ1) is 7.82. The average molecular weight is 281 g/mol. The number of carbonyl (C=O) groups is 1. The summed E-state index contributed by atoms with van der Waals surface area (Å²) in [5, 5.41) is 18.8. The SMILES string of the molecule is O=C(O)c1cc(N[SH](=O)=O)c(Cl)c([N+](=O)[O-])c1. The van der Waals surface area contributed by atoms with Crippen LogP contribution in [0.3, 0.4) is 0 Å². The Bertz CT molecular complexity index is 562. The van der Waals surface area contributed by atoms with Crippen LogP contribution < -0.4 is 4.72 Å². The fraction of sp³-hybridized carbons (Fsp3) is 0. The van der Waals surface area contributed by atoms with Gasteiger partial charge in [-0.15, -0.1) is 0 Å². The maximum absolute atomic E-state index is 10.7. The Kier molecular flexibility index (Phi) is 3.86. The van der Waals surface area contributed by atoms with Gasteiger partial charge in [-0.1, -0.05) is 11.6 Å². The normalized spacial score (nSPS) is 10.2. The van der Waals surface area contributed by atoms with Crippen molar-refractivity contribution in [3.05, 3.63) is 32.8 Å². The number of carboxylic acids is 1. The van der Waals surface area contributed by atoms with Gasteiger partial charge < -0.3 is 5.11 Å². The number of hydrogen-bond donors (Lipinski definition) is 3. The van der Waals surface area contributed by atoms with Crippen LogP contribution in [0.2, 0.25) is 5.02 Å². The van der Waals surface area contributed by atoms with E-state index in [-0.39, 0.29) is 5.69 Å². The van der Waals surface area contributed by atoms with Crippen LogP contribution >= 0.6 is 11.6 Å². The van der Waals surface area contributed by atoms with Crippen molar-refractivity contribution in [1.29, 1.82) is 0 Å². The van der Waals surface area contributed by atoms with Gasteiger partial charge in [0.25, 0.3) is 5.69 Å². The predicted molar refractivity (Wildman–Crippen MR) is 59.0 cm³/mol. The summed E-state index contributed by atoms with van der Waals surface area (Å²) in [6.07, 6.45) is 0. The molecular weight excluding hydrogens is 276 g/mol. The lowest BCUT2D eigenvalue weighted by molar-refractivity contribution is -0.384. The number of hydrogen-bond acceptors (Lipinski definition) is 5. The summed E-state index contributed by atoms with van der Waals surface area (Å²) in [5.41, 5.74) is -1.49. The van der Waals surface area contributed by atoms with Gasteiger partial charge in [-0.3, -0.25) is 14.8 Å². The van der Waals surface area contributed by atoms with Crippen molar-refractivity contribution < 1.29 is 23.2 Å². The van der Waals surface area contributed by atoms with Crippen LogP contribution in [0.5, 0.6) is 0 Å². The number of carboxylic acid groups (broad SMARTS) is 1. The van der Waals surface area contributed by atoms with Crippen molar-refractivity contribution in [3.8, 4) is 0 Å². The number of nitrogens with zero attached hydrogens (tertiary/aromatic N) is 1. The van der Waals surface area contributed by atoms with E-state index in [9.17, 15) is 23.3 Å². The summed E-state index contributed by atoms with van der Waals surface area (Å²) in [5.74, 6) is -1.44. The zero-order valence-electron chi connectivity index (χ0n) is 7.92. The molecule has 0 aliphatic carbocycles. The molecule has 0 amide bonds. The number of halogens is 1. The van der Waals surface area contributed by atoms with Crippen LogP contribution in [-0.2, 0) is 10.9 Å². The molecule has 17 heavy (non-hydrogen) atoms. The van der Waals surface area contributed by atoms with E-state index in [1.165, 1.54) is 0 Å². The minimum absolute atomic E-state index is 0.352. The molecule has 0 spiro atoms. The molecular formula is C7H5ClN2O6S. The molecule has 1 rings (SSSR count). The highest BCUT2D eigenvalue weighted by molar-refractivity contribution is 7.73. The maximum atomic E-state index is 10.7. The molecule has 92 valence electrons. The molecule has 1 aromatic rings. The fourth-order valence-corrected chi connectivity index (χ4v) is 1.71. The third-order valence-corrected chi connectivity index (χ3v) is 2.53. The Hall–Kier alpha value is -1.87. The molecule has 0 fully saturated rings. The number of rotatable bonds is 4. The van der Waals surface area contributed by atoms with E-state index in [0.717, 1.165) is 12.1 Å². The van der Waals surface area contributed by atoms with Gasteiger partial charge in [-0.25, -0.2) is 13.2 Å². The number of nitrogens with one attached hydrogen (secondary N) is 1. The Morgan fingerprint density at radius 2 is 2.06 bits per heavy atom. The lowest BCUT2D eigenvalue weighted by atomic mass is 10.2. The van der Waals surface area contributed by atoms with E-state index in [1.807, 2.05) is 4.72 Å². The van der Waals surface area contributed by atoms with Crippen LogP contribution in [0.1, 0.15) is 10.4 Å². The molecule has 0 aromatic heterocycles. The van der Waals surface area contributed by atoms with Crippen molar-refractivity contribution in [2.45, 2.75) is 0 Å². The number of thiol groups is 1. The number of aromatic carboxylic acids is 1. The smallest absolute Gasteiger partial charge is 0.336 e. The van der Waals surface area contributed by atoms with Crippen molar-refractivity contribution in [2.75, 3.05) is 4.72 Å². The van der Waals surface area contributed by atoms with E-state index in [2.05, 4.69) is 0 Å². The highest BCUT2D eigenvalue weighted by atomic mass is 35.5. The second kappa shape index (κ2) is 4.97. The quantitative estimate of drug-likeness (QED) is 0.427. The second-order valence-corrected chi connectivity index (χ2v) is 3.90. The molecule has 0 aliphatic rings. The van der Waals surface area contributed by atoms with E-state index in [1.54, 1.807) is 0 Å². The fourth-order valence-electron chi connectivity index (χ4n) is 1.05. The average Bonchev–Trinajstić information content (AvgIpc) is 2.19. The van der Waals surface area contributed by atoms with Crippen LogP contribution in [0, 0.1) is 10.1 Å². The molecule has 0 radical (unpaired) electrons. The van der Waals surface area contributed by atoms with E-state index < -0.39 is 38.1 Å². The van der Waals surface area contributed by atoms with Gasteiger partial charge >= 0.3 is 5.97 Å². The molecule has 0 saturated heterocycles. The molecule has 0 atom stereocenters. The predicted octanol–water partition coefficient (Wildman–Crippen LogP) is 0.885. The first-order valence-electron chi connectivity index (χ1n) is 3.95. The topological polar surface area (TPSA) is 127 Å². The molecule has 0 aliphatic heterocycles. The molecule has 1 aromatic carbocycles. The summed E-state index contributed by atoms with van der Waals surface area (Å²) in [4.78, 5) is 20.4. The Labute approximate surface area is 101 Å². The van der Waals surface area contributed by atoms with Gasteiger partial charge in [0, 0.05) is 6.07 Å². The van der Waals surface area contributed by atoms with Crippen LogP contribution in [0.4, 0.5) is 11.4 Å². The molecule has 10 heteroatoms. The summed E-state index contributed by atoms with van der Waals surface area (Å²) >= 11 is 5.56.